The Balaban J connectivity index is 1.40. The molecule has 2 fully saturated rings. The lowest BCUT2D eigenvalue weighted by atomic mass is 9.93. The van der Waals surface area contributed by atoms with Crippen molar-refractivity contribution in [3.8, 4) is 11.4 Å². The predicted octanol–water partition coefficient (Wildman–Crippen LogP) is 5.14. The van der Waals surface area contributed by atoms with Crippen molar-refractivity contribution in [2.45, 2.75) is 122 Å². The zero-order valence-corrected chi connectivity index (χ0v) is 34.3. The molecule has 58 heavy (non-hydrogen) atoms. The number of likely N-dealkylation sites (tertiary alicyclic amines) is 2. The Morgan fingerprint density at radius 3 is 1.72 bits per heavy atom. The molecule has 6 rings (SSSR count). The monoisotopic (exact) mass is 804 g/mol. The van der Waals surface area contributed by atoms with Crippen LogP contribution in [0, 0.1) is 23.5 Å². The van der Waals surface area contributed by atoms with Gasteiger partial charge in [0.05, 0.1) is 29.6 Å². The Labute approximate surface area is 338 Å². The van der Waals surface area contributed by atoms with E-state index in [4.69, 9.17) is 0 Å². The molecular weight excluding hydrogens is 747 g/mol. The number of aromatic nitrogens is 2. The number of β-amino-alcohol motifs (C(OH)–C–C–N with tert-alkyl or cyclic N) is 2. The number of ketones is 1. The summed E-state index contributed by atoms with van der Waals surface area (Å²) in [6.45, 7) is 9.39. The van der Waals surface area contributed by atoms with Gasteiger partial charge in [0.25, 0.3) is 0 Å². The molecule has 0 unspecified atom stereocenters. The number of benzene rings is 2. The molecule has 2 saturated heterocycles. The highest BCUT2D eigenvalue weighted by atomic mass is 19.1. The van der Waals surface area contributed by atoms with E-state index < -0.39 is 53.9 Å². The first kappa shape index (κ1) is 42.9. The number of H-pyrrole nitrogens is 2. The van der Waals surface area contributed by atoms with Gasteiger partial charge in [-0.1, -0.05) is 27.7 Å². The normalized spacial score (nSPS) is 21.8. The molecule has 2 aliphatic heterocycles. The van der Waals surface area contributed by atoms with Gasteiger partial charge in [-0.2, -0.15) is 0 Å². The second kappa shape index (κ2) is 18.1. The van der Waals surface area contributed by atoms with Gasteiger partial charge in [0.15, 0.2) is 0 Å². The van der Waals surface area contributed by atoms with Crippen LogP contribution in [0.15, 0.2) is 36.4 Å². The van der Waals surface area contributed by atoms with Crippen molar-refractivity contribution in [1.82, 2.24) is 30.4 Å². The van der Waals surface area contributed by atoms with Gasteiger partial charge < -0.3 is 40.6 Å². The maximum Gasteiger partial charge on any atom is 0.245 e. The second-order valence-corrected chi connectivity index (χ2v) is 16.4. The maximum atomic E-state index is 14.8. The van der Waals surface area contributed by atoms with Gasteiger partial charge in [0.2, 0.25) is 17.7 Å². The highest BCUT2D eigenvalue weighted by Crippen LogP contribution is 2.40. The number of halogens is 2. The highest BCUT2D eigenvalue weighted by Gasteiger charge is 2.41. The number of aliphatic hydroxyl groups is 2. The molecule has 0 aliphatic carbocycles. The van der Waals surface area contributed by atoms with E-state index in [1.54, 1.807) is 35.9 Å². The standard InChI is InChI=1S/C44H58F2N6O6/c1-7-23(4)42(56)50-36(9-3)44(58)52-22-31(54)18-29(52)20-35-33-13-11-27(46)16-38(33)49-41(35)40-34(32-12-10-26(45)15-37(32)48-40)19-28-17-30(53)21-51(28)43(57)25(8-2)14-39(55)24(5)47-6/h10-13,15-16,23-25,28-31,36,47-49,53-54H,7-9,14,17-22H2,1-6H3,(H,50,56)/t23-,24+,25-,28+,29+,30+,31-,36+/m0/s1. The minimum Gasteiger partial charge on any atom is -0.391 e. The first-order valence-corrected chi connectivity index (χ1v) is 20.8. The van der Waals surface area contributed by atoms with Gasteiger partial charge in [-0.3, -0.25) is 19.2 Å². The van der Waals surface area contributed by atoms with E-state index in [1.807, 2.05) is 27.7 Å². The Bertz CT molecular complexity index is 2000. The summed E-state index contributed by atoms with van der Waals surface area (Å²) >= 11 is 0. The van der Waals surface area contributed by atoms with Crippen LogP contribution in [0.5, 0.6) is 0 Å². The summed E-state index contributed by atoms with van der Waals surface area (Å²) in [4.78, 5) is 64.1. The lowest BCUT2D eigenvalue weighted by molar-refractivity contribution is -0.139. The number of carbonyl (C=O) groups is 4. The molecule has 6 N–H and O–H groups in total. The Kier molecular flexibility index (Phi) is 13.4. The van der Waals surface area contributed by atoms with Crippen molar-refractivity contribution < 1.29 is 38.2 Å². The van der Waals surface area contributed by atoms with Crippen LogP contribution in [0.3, 0.4) is 0 Å². The summed E-state index contributed by atoms with van der Waals surface area (Å²) in [5.41, 5.74) is 3.70. The number of aliphatic hydroxyl groups excluding tert-OH is 2. The topological polar surface area (TPSA) is 171 Å². The number of nitrogens with one attached hydrogen (secondary N) is 4. The lowest BCUT2D eigenvalue weighted by Gasteiger charge is -2.30. The first-order valence-electron chi connectivity index (χ1n) is 20.8. The highest BCUT2D eigenvalue weighted by molar-refractivity contribution is 5.97. The average molecular weight is 805 g/mol. The number of fused-ring (bicyclic) bond motifs is 2. The van der Waals surface area contributed by atoms with E-state index in [9.17, 15) is 38.2 Å². The quantitative estimate of drug-likeness (QED) is 0.0912. The summed E-state index contributed by atoms with van der Waals surface area (Å²) in [6.07, 6.45) is 1.07. The number of hydrogen-bond acceptors (Lipinski definition) is 7. The fraction of sp³-hybridized carbons (Fsp3) is 0.545. The molecule has 12 nitrogen and oxygen atoms in total. The van der Waals surface area contributed by atoms with E-state index in [0.29, 0.717) is 58.9 Å². The number of aromatic amines is 2. The molecule has 4 heterocycles. The van der Waals surface area contributed by atoms with E-state index in [1.165, 1.54) is 24.3 Å². The summed E-state index contributed by atoms with van der Waals surface area (Å²) in [5, 5.41) is 29.2. The minimum absolute atomic E-state index is 0.0705. The van der Waals surface area contributed by atoms with Gasteiger partial charge in [0, 0.05) is 65.2 Å². The second-order valence-electron chi connectivity index (χ2n) is 16.4. The van der Waals surface area contributed by atoms with Crippen LogP contribution < -0.4 is 10.6 Å². The Hall–Kier alpha value is -4.66. The van der Waals surface area contributed by atoms with Gasteiger partial charge in [0.1, 0.15) is 23.5 Å². The smallest absolute Gasteiger partial charge is 0.245 e. The zero-order valence-electron chi connectivity index (χ0n) is 34.3. The fourth-order valence-corrected chi connectivity index (χ4v) is 8.75. The van der Waals surface area contributed by atoms with Crippen molar-refractivity contribution in [3.63, 3.8) is 0 Å². The van der Waals surface area contributed by atoms with Crippen LogP contribution in [-0.4, -0.2) is 110 Å². The fourth-order valence-electron chi connectivity index (χ4n) is 8.75. The maximum absolute atomic E-state index is 14.8. The van der Waals surface area contributed by atoms with Crippen LogP contribution >= 0.6 is 0 Å². The van der Waals surface area contributed by atoms with Crippen LogP contribution in [0.25, 0.3) is 33.2 Å². The number of Topliss-reactive ketones (excluding diaryl/α,β-unsaturated/α-hetero) is 1. The summed E-state index contributed by atoms with van der Waals surface area (Å²) < 4.78 is 29.6. The van der Waals surface area contributed by atoms with Gasteiger partial charge >= 0.3 is 0 Å². The van der Waals surface area contributed by atoms with Gasteiger partial charge in [-0.05, 0) is 106 Å². The predicted molar refractivity (Wildman–Crippen MR) is 219 cm³/mol. The molecule has 314 valence electrons. The number of nitrogens with zero attached hydrogens (tertiary/aromatic N) is 2. The molecule has 2 aromatic heterocycles. The summed E-state index contributed by atoms with van der Waals surface area (Å²) in [5.74, 6) is -2.51. The number of rotatable bonds is 16. The molecule has 0 spiro atoms. The van der Waals surface area contributed by atoms with Crippen molar-refractivity contribution in [1.29, 1.82) is 0 Å². The molecular formula is C44H58F2N6O6. The molecule has 8 atom stereocenters. The van der Waals surface area contributed by atoms with Crippen LogP contribution in [0.2, 0.25) is 0 Å². The van der Waals surface area contributed by atoms with Crippen LogP contribution in [-0.2, 0) is 32.0 Å². The first-order chi connectivity index (χ1) is 27.7. The third-order valence-corrected chi connectivity index (χ3v) is 12.5. The third kappa shape index (κ3) is 8.84. The molecule has 0 radical (unpaired) electrons. The molecule has 4 aromatic rings. The van der Waals surface area contributed by atoms with E-state index in [-0.39, 0.29) is 68.2 Å². The number of hydrogen-bond donors (Lipinski definition) is 6. The average Bonchev–Trinajstić information content (AvgIpc) is 3.96. The Morgan fingerprint density at radius 1 is 0.776 bits per heavy atom. The number of likely N-dealkylation sites (N-methyl/N-ethyl adjacent to an activating group) is 1. The Morgan fingerprint density at radius 2 is 1.28 bits per heavy atom. The van der Waals surface area contributed by atoms with E-state index in [0.717, 1.165) is 11.1 Å². The van der Waals surface area contributed by atoms with E-state index in [2.05, 4.69) is 20.6 Å². The van der Waals surface area contributed by atoms with Crippen molar-refractivity contribution >= 4 is 45.3 Å². The SMILES string of the molecule is CC[C@@H](CC(=O)[C@@H](C)NC)C(=O)N1C[C@H](O)C[C@@H]1Cc1c(-c2[nH]c3cc(F)ccc3c2C[C@H]2C[C@H](O)CN2C(=O)[C@@H](CC)NC(=O)[C@@H](C)CC)[nH]c2cc(F)ccc12. The molecule has 2 aliphatic rings. The molecule has 3 amide bonds. The number of amides is 3. The van der Waals surface area contributed by atoms with E-state index >= 15 is 0 Å². The van der Waals surface area contributed by atoms with Crippen molar-refractivity contribution in [3.05, 3.63) is 59.2 Å². The third-order valence-electron chi connectivity index (χ3n) is 12.5. The summed E-state index contributed by atoms with van der Waals surface area (Å²) in [7, 11) is 1.70. The van der Waals surface area contributed by atoms with Crippen LogP contribution in [0.4, 0.5) is 8.78 Å². The zero-order chi connectivity index (χ0) is 42.0. The lowest BCUT2D eigenvalue weighted by Crippen LogP contribution is -2.51. The number of carbonyl (C=O) groups excluding carboxylic acids is 4. The molecule has 0 saturated carbocycles. The summed E-state index contributed by atoms with van der Waals surface area (Å²) in [6, 6.07) is 6.78. The molecule has 0 bridgehead atoms. The van der Waals surface area contributed by atoms with Crippen molar-refractivity contribution in [2.75, 3.05) is 20.1 Å². The minimum atomic E-state index is -0.796. The molecule has 14 heteroatoms. The van der Waals surface area contributed by atoms with Crippen molar-refractivity contribution in [2.24, 2.45) is 11.8 Å². The largest absolute Gasteiger partial charge is 0.391 e. The molecule has 2 aromatic carbocycles. The van der Waals surface area contributed by atoms with Gasteiger partial charge in [-0.25, -0.2) is 8.78 Å². The van der Waals surface area contributed by atoms with Crippen LogP contribution in [0.1, 0.15) is 84.3 Å². The van der Waals surface area contributed by atoms with Gasteiger partial charge in [-0.15, -0.1) is 0 Å².